The van der Waals surface area contributed by atoms with Gasteiger partial charge in [0.2, 0.25) is 10.0 Å². The molecule has 1 aliphatic rings. The number of amides is 1. The summed E-state index contributed by atoms with van der Waals surface area (Å²) in [6.07, 6.45) is 2.59. The second-order valence-electron chi connectivity index (χ2n) is 5.16. The Morgan fingerprint density at radius 1 is 1.23 bits per heavy atom. The molecule has 1 aromatic rings. The summed E-state index contributed by atoms with van der Waals surface area (Å²) in [4.78, 5) is 25.7. The smallest absolute Gasteiger partial charge is 0.259 e. The van der Waals surface area contributed by atoms with Crippen molar-refractivity contribution in [2.75, 3.05) is 39.5 Å². The molecule has 122 valence electrons. The molecule has 1 aromatic heterocycles. The third-order valence-corrected chi connectivity index (χ3v) is 4.94. The van der Waals surface area contributed by atoms with E-state index >= 15 is 0 Å². The quantitative estimate of drug-likeness (QED) is 0.718. The number of sulfonamides is 1. The third-order valence-electron chi connectivity index (χ3n) is 3.64. The molecular weight excluding hydrogens is 310 g/mol. The third kappa shape index (κ3) is 3.30. The molecule has 0 atom stereocenters. The molecule has 1 saturated heterocycles. The molecule has 2 heterocycles. The molecule has 2 rings (SSSR count). The van der Waals surface area contributed by atoms with Crippen LogP contribution in [0.3, 0.4) is 0 Å². The van der Waals surface area contributed by atoms with Crippen LogP contribution in [0.5, 0.6) is 5.75 Å². The van der Waals surface area contributed by atoms with E-state index < -0.39 is 10.0 Å². The van der Waals surface area contributed by atoms with E-state index in [4.69, 9.17) is 4.74 Å². The molecule has 0 unspecified atom stereocenters. The molecule has 0 bridgehead atoms. The van der Waals surface area contributed by atoms with Crippen molar-refractivity contribution in [3.63, 3.8) is 0 Å². The second kappa shape index (κ2) is 6.09. The van der Waals surface area contributed by atoms with Crippen LogP contribution in [0.1, 0.15) is 10.4 Å². The van der Waals surface area contributed by atoms with Crippen molar-refractivity contribution in [3.8, 4) is 5.75 Å². The molecule has 9 heteroatoms. The average Bonchev–Trinajstić information content (AvgIpc) is 2.48. The first-order valence-corrected chi connectivity index (χ1v) is 8.58. The van der Waals surface area contributed by atoms with E-state index in [1.807, 2.05) is 0 Å². The van der Waals surface area contributed by atoms with Crippen LogP contribution >= 0.6 is 0 Å². The number of aromatic nitrogens is 1. The number of aryl methyl sites for hydroxylation is 1. The number of ether oxygens (including phenoxy) is 1. The summed E-state index contributed by atoms with van der Waals surface area (Å²) in [5.74, 6) is -0.0563. The number of methoxy groups -OCH3 is 1. The zero-order chi connectivity index (χ0) is 16.5. The van der Waals surface area contributed by atoms with Gasteiger partial charge in [0, 0.05) is 45.5 Å². The molecule has 0 saturated carbocycles. The van der Waals surface area contributed by atoms with E-state index in [-0.39, 0.29) is 35.9 Å². The van der Waals surface area contributed by atoms with Crippen molar-refractivity contribution in [2.45, 2.75) is 0 Å². The van der Waals surface area contributed by atoms with Crippen molar-refractivity contribution in [2.24, 2.45) is 7.05 Å². The Morgan fingerprint density at radius 2 is 1.82 bits per heavy atom. The largest absolute Gasteiger partial charge is 0.496 e. The van der Waals surface area contributed by atoms with Crippen LogP contribution < -0.4 is 10.3 Å². The second-order valence-corrected chi connectivity index (χ2v) is 7.14. The standard InChI is InChI=1S/C13H19N3O5S/c1-14-9-10(11(21-2)8-12(14)17)13(18)15-4-6-16(7-5-15)22(3,19)20/h8-9H,4-7H2,1-3H3. The predicted molar refractivity (Wildman–Crippen MR) is 80.6 cm³/mol. The van der Waals surface area contributed by atoms with Gasteiger partial charge in [-0.1, -0.05) is 0 Å². The van der Waals surface area contributed by atoms with Crippen LogP contribution in [0.25, 0.3) is 0 Å². The summed E-state index contributed by atoms with van der Waals surface area (Å²) in [6, 6.07) is 1.26. The van der Waals surface area contributed by atoms with Gasteiger partial charge in [-0.2, -0.15) is 4.31 Å². The van der Waals surface area contributed by atoms with Gasteiger partial charge in [-0.3, -0.25) is 9.59 Å². The van der Waals surface area contributed by atoms with Gasteiger partial charge in [0.05, 0.1) is 18.9 Å². The molecule has 0 N–H and O–H groups in total. The fourth-order valence-corrected chi connectivity index (χ4v) is 3.16. The molecule has 1 fully saturated rings. The van der Waals surface area contributed by atoms with Gasteiger partial charge in [0.1, 0.15) is 5.75 Å². The molecule has 22 heavy (non-hydrogen) atoms. The van der Waals surface area contributed by atoms with Crippen LogP contribution in [0.15, 0.2) is 17.1 Å². The highest BCUT2D eigenvalue weighted by Gasteiger charge is 2.28. The first-order valence-electron chi connectivity index (χ1n) is 6.73. The highest BCUT2D eigenvalue weighted by molar-refractivity contribution is 7.88. The summed E-state index contributed by atoms with van der Waals surface area (Å²) < 4.78 is 30.7. The Bertz CT molecular complexity index is 733. The maximum atomic E-state index is 12.6. The van der Waals surface area contributed by atoms with Gasteiger partial charge < -0.3 is 14.2 Å². The lowest BCUT2D eigenvalue weighted by molar-refractivity contribution is 0.0694. The van der Waals surface area contributed by atoms with Gasteiger partial charge in [-0.15, -0.1) is 0 Å². The van der Waals surface area contributed by atoms with Gasteiger partial charge in [-0.05, 0) is 0 Å². The van der Waals surface area contributed by atoms with E-state index in [2.05, 4.69) is 0 Å². The summed E-state index contributed by atoms with van der Waals surface area (Å²) in [6.45, 7) is 1.13. The number of pyridine rings is 1. The van der Waals surface area contributed by atoms with Gasteiger partial charge in [0.25, 0.3) is 11.5 Å². The van der Waals surface area contributed by atoms with Crippen molar-refractivity contribution in [1.29, 1.82) is 0 Å². The van der Waals surface area contributed by atoms with Crippen LogP contribution in [0.4, 0.5) is 0 Å². The maximum absolute atomic E-state index is 12.6. The monoisotopic (exact) mass is 329 g/mol. The summed E-state index contributed by atoms with van der Waals surface area (Å²) >= 11 is 0. The zero-order valence-electron chi connectivity index (χ0n) is 12.8. The number of hydrogen-bond acceptors (Lipinski definition) is 5. The number of carbonyl (C=O) groups excluding carboxylic acids is 1. The predicted octanol–water partition coefficient (Wildman–Crippen LogP) is -0.889. The van der Waals surface area contributed by atoms with E-state index in [9.17, 15) is 18.0 Å². The van der Waals surface area contributed by atoms with E-state index in [1.54, 1.807) is 11.9 Å². The SMILES string of the molecule is COc1cc(=O)n(C)cc1C(=O)N1CCN(S(C)(=O)=O)CC1. The average molecular weight is 329 g/mol. The first kappa shape index (κ1) is 16.5. The molecule has 0 spiro atoms. The fraction of sp³-hybridized carbons (Fsp3) is 0.538. The normalized spacial score (nSPS) is 16.6. The van der Waals surface area contributed by atoms with Crippen LogP contribution in [0.2, 0.25) is 0 Å². The lowest BCUT2D eigenvalue weighted by atomic mass is 10.2. The Kier molecular flexibility index (Phi) is 4.57. The molecule has 0 aliphatic carbocycles. The zero-order valence-corrected chi connectivity index (χ0v) is 13.6. The van der Waals surface area contributed by atoms with Crippen molar-refractivity contribution < 1.29 is 17.9 Å². The molecule has 1 aliphatic heterocycles. The van der Waals surface area contributed by atoms with Crippen molar-refractivity contribution >= 4 is 15.9 Å². The van der Waals surface area contributed by atoms with Crippen LogP contribution in [-0.4, -0.2) is 67.6 Å². The van der Waals surface area contributed by atoms with Crippen LogP contribution in [0, 0.1) is 0 Å². The lowest BCUT2D eigenvalue weighted by Gasteiger charge is -2.33. The maximum Gasteiger partial charge on any atom is 0.259 e. The highest BCUT2D eigenvalue weighted by Crippen LogP contribution is 2.18. The summed E-state index contributed by atoms with van der Waals surface area (Å²) in [5.41, 5.74) is 0.0210. The van der Waals surface area contributed by atoms with E-state index in [0.717, 1.165) is 6.26 Å². The Hall–Kier alpha value is -1.87. The van der Waals surface area contributed by atoms with Crippen LogP contribution in [-0.2, 0) is 17.1 Å². The minimum absolute atomic E-state index is 0.221. The molecule has 0 radical (unpaired) electrons. The Balaban J connectivity index is 2.20. The van der Waals surface area contributed by atoms with E-state index in [0.29, 0.717) is 13.1 Å². The first-order chi connectivity index (χ1) is 10.2. The highest BCUT2D eigenvalue weighted by atomic mass is 32.2. The summed E-state index contributed by atoms with van der Waals surface area (Å²) in [5, 5.41) is 0. The number of carbonyl (C=O) groups is 1. The number of hydrogen-bond donors (Lipinski definition) is 0. The van der Waals surface area contributed by atoms with Crippen molar-refractivity contribution in [3.05, 3.63) is 28.2 Å². The summed E-state index contributed by atoms with van der Waals surface area (Å²) in [7, 11) is -0.288. The number of nitrogens with zero attached hydrogens (tertiary/aromatic N) is 3. The molecule has 1 amide bonds. The molecule has 8 nitrogen and oxygen atoms in total. The van der Waals surface area contributed by atoms with Gasteiger partial charge in [-0.25, -0.2) is 8.42 Å². The van der Waals surface area contributed by atoms with Crippen molar-refractivity contribution in [1.82, 2.24) is 13.8 Å². The number of rotatable bonds is 3. The minimum atomic E-state index is -3.24. The molecular formula is C13H19N3O5S. The topological polar surface area (TPSA) is 88.9 Å². The molecule has 0 aromatic carbocycles. The van der Waals surface area contributed by atoms with Gasteiger partial charge >= 0.3 is 0 Å². The Labute approximate surface area is 128 Å². The van der Waals surface area contributed by atoms with E-state index in [1.165, 1.54) is 28.2 Å². The Morgan fingerprint density at radius 3 is 2.32 bits per heavy atom. The minimum Gasteiger partial charge on any atom is -0.496 e. The lowest BCUT2D eigenvalue weighted by Crippen LogP contribution is -2.50. The fourth-order valence-electron chi connectivity index (χ4n) is 2.34. The number of piperazine rings is 1. The van der Waals surface area contributed by atoms with Gasteiger partial charge in [0.15, 0.2) is 0 Å².